The van der Waals surface area contributed by atoms with Crippen LogP contribution in [0.25, 0.3) is 0 Å². The van der Waals surface area contributed by atoms with Crippen molar-refractivity contribution < 1.29 is 14.7 Å². The van der Waals surface area contributed by atoms with Crippen molar-refractivity contribution in [2.45, 2.75) is 13.3 Å². The van der Waals surface area contributed by atoms with Gasteiger partial charge in [0.2, 0.25) is 0 Å². The molecular weight excluding hydrogens is 392 g/mol. The monoisotopic (exact) mass is 406 g/mol. The molecular formula is C17H15BrN2O3S. The van der Waals surface area contributed by atoms with E-state index >= 15 is 0 Å². The standard InChI is InChI=1S/C17H15BrN2O3S/c1-2-10-3-5-11(6-4-10)15(21)20-17(24)19-14-9-12(16(22)23)7-8-13(14)18/h3-9H,2H2,1H3,(H,22,23)(H2,19,20,21,24). The van der Waals surface area contributed by atoms with Crippen LogP contribution >= 0.6 is 28.1 Å². The number of amides is 1. The molecule has 0 radical (unpaired) electrons. The molecule has 0 aliphatic heterocycles. The van der Waals surface area contributed by atoms with Crippen LogP contribution in [0, 0.1) is 0 Å². The van der Waals surface area contributed by atoms with Crippen LogP contribution in [-0.4, -0.2) is 22.1 Å². The van der Waals surface area contributed by atoms with Gasteiger partial charge in [-0.2, -0.15) is 0 Å². The van der Waals surface area contributed by atoms with Crippen LogP contribution in [0.2, 0.25) is 0 Å². The molecule has 2 aromatic rings. The Balaban J connectivity index is 2.06. The average Bonchev–Trinajstić information content (AvgIpc) is 2.56. The number of aryl methyl sites for hydroxylation is 1. The highest BCUT2D eigenvalue weighted by Gasteiger charge is 2.11. The second kappa shape index (κ2) is 8.03. The summed E-state index contributed by atoms with van der Waals surface area (Å²) < 4.78 is 0.636. The van der Waals surface area contributed by atoms with Crippen LogP contribution in [-0.2, 0) is 6.42 Å². The Hall–Kier alpha value is -2.25. The van der Waals surface area contributed by atoms with Crippen LogP contribution in [0.4, 0.5) is 5.69 Å². The van der Waals surface area contributed by atoms with Crippen molar-refractivity contribution in [2.75, 3.05) is 5.32 Å². The number of carbonyl (C=O) groups excluding carboxylic acids is 1. The summed E-state index contributed by atoms with van der Waals surface area (Å²) >= 11 is 8.43. The van der Waals surface area contributed by atoms with E-state index in [1.165, 1.54) is 12.1 Å². The van der Waals surface area contributed by atoms with Crippen molar-refractivity contribution in [1.29, 1.82) is 0 Å². The summed E-state index contributed by atoms with van der Waals surface area (Å²) in [6, 6.07) is 11.7. The molecule has 7 heteroatoms. The highest BCUT2D eigenvalue weighted by molar-refractivity contribution is 9.10. The molecule has 24 heavy (non-hydrogen) atoms. The lowest BCUT2D eigenvalue weighted by molar-refractivity contribution is 0.0696. The molecule has 124 valence electrons. The van der Waals surface area contributed by atoms with Gasteiger partial charge in [0.05, 0.1) is 11.3 Å². The number of halogens is 1. The van der Waals surface area contributed by atoms with E-state index in [1.54, 1.807) is 18.2 Å². The molecule has 0 aliphatic rings. The van der Waals surface area contributed by atoms with Gasteiger partial charge in [-0.25, -0.2) is 4.79 Å². The summed E-state index contributed by atoms with van der Waals surface area (Å²) in [4.78, 5) is 23.2. The highest BCUT2D eigenvalue weighted by Crippen LogP contribution is 2.23. The largest absolute Gasteiger partial charge is 0.478 e. The highest BCUT2D eigenvalue weighted by atomic mass is 79.9. The predicted octanol–water partition coefficient (Wildman–Crippen LogP) is 3.84. The van der Waals surface area contributed by atoms with Gasteiger partial charge in [-0.3, -0.25) is 10.1 Å². The number of carbonyl (C=O) groups is 2. The van der Waals surface area contributed by atoms with E-state index in [9.17, 15) is 9.59 Å². The fraction of sp³-hybridized carbons (Fsp3) is 0.118. The molecule has 0 saturated carbocycles. The first-order valence-corrected chi connectivity index (χ1v) is 8.35. The summed E-state index contributed by atoms with van der Waals surface area (Å²) in [5, 5.41) is 14.5. The lowest BCUT2D eigenvalue weighted by Crippen LogP contribution is -2.34. The maximum atomic E-state index is 12.2. The molecule has 0 unspecified atom stereocenters. The molecule has 2 rings (SSSR count). The summed E-state index contributed by atoms with van der Waals surface area (Å²) in [7, 11) is 0. The lowest BCUT2D eigenvalue weighted by Gasteiger charge is -2.12. The van der Waals surface area contributed by atoms with Gasteiger partial charge in [-0.1, -0.05) is 19.1 Å². The summed E-state index contributed by atoms with van der Waals surface area (Å²) in [5.41, 5.74) is 2.21. The number of thiocarbonyl (C=S) groups is 1. The van der Waals surface area contributed by atoms with E-state index in [2.05, 4.69) is 26.6 Å². The number of benzene rings is 2. The Bertz CT molecular complexity index is 791. The van der Waals surface area contributed by atoms with E-state index in [1.807, 2.05) is 19.1 Å². The molecule has 0 atom stereocenters. The van der Waals surface area contributed by atoms with E-state index in [0.29, 0.717) is 15.7 Å². The number of nitrogens with one attached hydrogen (secondary N) is 2. The molecule has 0 aromatic heterocycles. The quantitative estimate of drug-likeness (QED) is 0.672. The number of hydrogen-bond donors (Lipinski definition) is 3. The second-order valence-corrected chi connectivity index (χ2v) is 6.22. The maximum Gasteiger partial charge on any atom is 0.335 e. The van der Waals surface area contributed by atoms with Gasteiger partial charge >= 0.3 is 5.97 Å². The third-order valence-corrected chi connectivity index (χ3v) is 4.21. The van der Waals surface area contributed by atoms with Gasteiger partial charge in [0.1, 0.15) is 0 Å². The molecule has 0 saturated heterocycles. The van der Waals surface area contributed by atoms with Crippen molar-refractivity contribution in [3.63, 3.8) is 0 Å². The minimum absolute atomic E-state index is 0.0859. The second-order valence-electron chi connectivity index (χ2n) is 4.96. The van der Waals surface area contributed by atoms with Crippen molar-refractivity contribution in [1.82, 2.24) is 5.32 Å². The number of rotatable bonds is 4. The Kier molecular flexibility index (Phi) is 6.05. The maximum absolute atomic E-state index is 12.2. The lowest BCUT2D eigenvalue weighted by atomic mass is 10.1. The SMILES string of the molecule is CCc1ccc(C(=O)NC(=S)Nc2cc(C(=O)O)ccc2Br)cc1. The summed E-state index contributed by atoms with van der Waals surface area (Å²) in [6.07, 6.45) is 0.899. The van der Waals surface area contributed by atoms with Crippen LogP contribution < -0.4 is 10.6 Å². The van der Waals surface area contributed by atoms with Crippen LogP contribution in [0.1, 0.15) is 33.2 Å². The topological polar surface area (TPSA) is 78.4 Å². The number of carboxylic acids is 1. The summed E-state index contributed by atoms with van der Waals surface area (Å²) in [6.45, 7) is 2.04. The van der Waals surface area contributed by atoms with Crippen LogP contribution in [0.3, 0.4) is 0 Å². The first-order chi connectivity index (χ1) is 11.4. The van der Waals surface area contributed by atoms with Gasteiger partial charge in [-0.15, -0.1) is 0 Å². The third-order valence-electron chi connectivity index (χ3n) is 3.31. The van der Waals surface area contributed by atoms with E-state index < -0.39 is 5.97 Å². The van der Waals surface area contributed by atoms with Gasteiger partial charge in [0, 0.05) is 10.0 Å². The fourth-order valence-corrected chi connectivity index (χ4v) is 2.52. The minimum atomic E-state index is -1.04. The van der Waals surface area contributed by atoms with Gasteiger partial charge < -0.3 is 10.4 Å². The average molecular weight is 407 g/mol. The molecule has 0 fully saturated rings. The van der Waals surface area contributed by atoms with Crippen LogP contribution in [0.5, 0.6) is 0 Å². The number of carboxylic acid groups (broad SMARTS) is 1. The van der Waals surface area contributed by atoms with Gasteiger partial charge in [0.25, 0.3) is 5.91 Å². The third kappa shape index (κ3) is 4.62. The zero-order valence-corrected chi connectivity index (χ0v) is 15.2. The number of anilines is 1. The molecule has 0 bridgehead atoms. The zero-order chi connectivity index (χ0) is 17.7. The molecule has 3 N–H and O–H groups in total. The predicted molar refractivity (Wildman–Crippen MR) is 101 cm³/mol. The molecule has 0 heterocycles. The van der Waals surface area contributed by atoms with Crippen molar-refractivity contribution in [3.05, 3.63) is 63.6 Å². The van der Waals surface area contributed by atoms with E-state index in [-0.39, 0.29) is 16.6 Å². The minimum Gasteiger partial charge on any atom is -0.478 e. The molecule has 5 nitrogen and oxygen atoms in total. The first-order valence-electron chi connectivity index (χ1n) is 7.15. The normalized spacial score (nSPS) is 10.1. The number of aromatic carboxylic acids is 1. The van der Waals surface area contributed by atoms with E-state index in [4.69, 9.17) is 17.3 Å². The Morgan fingerprint density at radius 3 is 2.33 bits per heavy atom. The van der Waals surface area contributed by atoms with Crippen molar-refractivity contribution in [2.24, 2.45) is 0 Å². The fourth-order valence-electron chi connectivity index (χ4n) is 1.97. The first kappa shape index (κ1) is 18.1. The Morgan fingerprint density at radius 1 is 1.12 bits per heavy atom. The van der Waals surface area contributed by atoms with Crippen molar-refractivity contribution in [3.8, 4) is 0 Å². The summed E-state index contributed by atoms with van der Waals surface area (Å²) in [5.74, 6) is -1.38. The Labute approximate surface area is 153 Å². The molecule has 1 amide bonds. The van der Waals surface area contributed by atoms with Crippen LogP contribution in [0.15, 0.2) is 46.9 Å². The molecule has 0 spiro atoms. The van der Waals surface area contributed by atoms with Crippen molar-refractivity contribution >= 4 is 50.8 Å². The smallest absolute Gasteiger partial charge is 0.335 e. The number of hydrogen-bond acceptors (Lipinski definition) is 3. The van der Waals surface area contributed by atoms with E-state index in [0.717, 1.165) is 12.0 Å². The Morgan fingerprint density at radius 2 is 1.75 bits per heavy atom. The van der Waals surface area contributed by atoms with Gasteiger partial charge in [0.15, 0.2) is 5.11 Å². The molecule has 0 aliphatic carbocycles. The molecule has 2 aromatic carbocycles. The van der Waals surface area contributed by atoms with Gasteiger partial charge in [-0.05, 0) is 70.5 Å². The zero-order valence-electron chi connectivity index (χ0n) is 12.8.